The SMILES string of the molecule is Cc1nnc(Sc2ccc(NC(=O)CCCCC(=O)O)c(C)c2)s1. The fraction of sp³-hybridized carbons (Fsp3) is 0.375. The molecular weight excluding hydrogens is 346 g/mol. The van der Waals surface area contributed by atoms with Crippen LogP contribution in [0.15, 0.2) is 27.4 Å². The van der Waals surface area contributed by atoms with Gasteiger partial charge in [-0.1, -0.05) is 23.1 Å². The summed E-state index contributed by atoms with van der Waals surface area (Å²) < 4.78 is 0.891. The molecule has 128 valence electrons. The van der Waals surface area contributed by atoms with E-state index in [4.69, 9.17) is 5.11 Å². The van der Waals surface area contributed by atoms with Gasteiger partial charge in [-0.25, -0.2) is 0 Å². The monoisotopic (exact) mass is 365 g/mol. The molecule has 1 aromatic carbocycles. The minimum absolute atomic E-state index is 0.0939. The summed E-state index contributed by atoms with van der Waals surface area (Å²) in [5, 5.41) is 20.5. The number of carboxylic acids is 1. The number of carboxylic acid groups (broad SMARTS) is 1. The number of carbonyl (C=O) groups excluding carboxylic acids is 1. The van der Waals surface area contributed by atoms with Gasteiger partial charge in [0.05, 0.1) is 0 Å². The Balaban J connectivity index is 1.87. The van der Waals surface area contributed by atoms with Crippen LogP contribution in [0.3, 0.4) is 0 Å². The molecular formula is C16H19N3O3S2. The largest absolute Gasteiger partial charge is 0.481 e. The van der Waals surface area contributed by atoms with E-state index in [1.54, 1.807) is 23.1 Å². The van der Waals surface area contributed by atoms with Crippen molar-refractivity contribution in [1.82, 2.24) is 10.2 Å². The summed E-state index contributed by atoms with van der Waals surface area (Å²) in [5.41, 5.74) is 1.75. The third kappa shape index (κ3) is 5.93. The van der Waals surface area contributed by atoms with Crippen molar-refractivity contribution < 1.29 is 14.7 Å². The molecule has 8 heteroatoms. The van der Waals surface area contributed by atoms with Crippen LogP contribution >= 0.6 is 23.1 Å². The van der Waals surface area contributed by atoms with Gasteiger partial charge in [-0.15, -0.1) is 10.2 Å². The number of nitrogens with zero attached hydrogens (tertiary/aromatic N) is 2. The molecule has 1 heterocycles. The second-order valence-corrected chi connectivity index (χ2v) is 7.82. The number of hydrogen-bond donors (Lipinski definition) is 2. The molecule has 0 saturated carbocycles. The van der Waals surface area contributed by atoms with Gasteiger partial charge in [-0.2, -0.15) is 0 Å². The quantitative estimate of drug-likeness (QED) is 0.690. The molecule has 0 aliphatic heterocycles. The molecule has 1 amide bonds. The summed E-state index contributed by atoms with van der Waals surface area (Å²) in [6, 6.07) is 5.82. The maximum atomic E-state index is 11.9. The Morgan fingerprint density at radius 1 is 1.21 bits per heavy atom. The summed E-state index contributed by atoms with van der Waals surface area (Å²) in [6.07, 6.45) is 1.51. The van der Waals surface area contributed by atoms with Gasteiger partial charge in [0.25, 0.3) is 0 Å². The number of aromatic nitrogens is 2. The summed E-state index contributed by atoms with van der Waals surface area (Å²) in [7, 11) is 0. The summed E-state index contributed by atoms with van der Waals surface area (Å²) in [4.78, 5) is 23.4. The lowest BCUT2D eigenvalue weighted by molar-refractivity contribution is -0.137. The Morgan fingerprint density at radius 3 is 2.58 bits per heavy atom. The Kier molecular flexibility index (Phi) is 6.74. The second-order valence-electron chi connectivity index (χ2n) is 5.31. The van der Waals surface area contributed by atoms with Crippen LogP contribution in [-0.4, -0.2) is 27.2 Å². The van der Waals surface area contributed by atoms with Crippen LogP contribution in [0.2, 0.25) is 0 Å². The third-order valence-corrected chi connectivity index (χ3v) is 5.11. The molecule has 0 atom stereocenters. The molecule has 0 aliphatic carbocycles. The van der Waals surface area contributed by atoms with Crippen LogP contribution in [0.4, 0.5) is 5.69 Å². The minimum Gasteiger partial charge on any atom is -0.481 e. The van der Waals surface area contributed by atoms with E-state index in [1.807, 2.05) is 32.0 Å². The number of unbranched alkanes of at least 4 members (excludes halogenated alkanes) is 1. The first-order chi connectivity index (χ1) is 11.4. The van der Waals surface area contributed by atoms with Crippen molar-refractivity contribution >= 4 is 40.7 Å². The van der Waals surface area contributed by atoms with E-state index in [2.05, 4.69) is 15.5 Å². The Hall–Kier alpha value is -1.93. The van der Waals surface area contributed by atoms with Crippen LogP contribution in [0.25, 0.3) is 0 Å². The Labute approximate surface area is 148 Å². The fourth-order valence-corrected chi connectivity index (χ4v) is 3.92. The van der Waals surface area contributed by atoms with Crippen LogP contribution in [0.5, 0.6) is 0 Å². The van der Waals surface area contributed by atoms with Crippen molar-refractivity contribution in [2.24, 2.45) is 0 Å². The van der Waals surface area contributed by atoms with E-state index in [-0.39, 0.29) is 12.3 Å². The summed E-state index contributed by atoms with van der Waals surface area (Å²) in [5.74, 6) is -0.923. The number of anilines is 1. The van der Waals surface area contributed by atoms with Crippen LogP contribution in [0.1, 0.15) is 36.3 Å². The summed E-state index contributed by atoms with van der Waals surface area (Å²) >= 11 is 3.09. The number of aliphatic carboxylic acids is 1. The molecule has 24 heavy (non-hydrogen) atoms. The van der Waals surface area contributed by atoms with Crippen LogP contribution in [0, 0.1) is 13.8 Å². The van der Waals surface area contributed by atoms with Crippen molar-refractivity contribution in [3.05, 3.63) is 28.8 Å². The maximum Gasteiger partial charge on any atom is 0.303 e. The van der Waals surface area contributed by atoms with Crippen molar-refractivity contribution in [2.45, 2.75) is 48.8 Å². The van der Waals surface area contributed by atoms with Crippen molar-refractivity contribution in [3.63, 3.8) is 0 Å². The molecule has 0 saturated heterocycles. The van der Waals surface area contributed by atoms with Crippen LogP contribution in [-0.2, 0) is 9.59 Å². The van der Waals surface area contributed by atoms with Crippen molar-refractivity contribution in [3.8, 4) is 0 Å². The lowest BCUT2D eigenvalue weighted by Gasteiger charge is -2.09. The van der Waals surface area contributed by atoms with Crippen molar-refractivity contribution in [2.75, 3.05) is 5.32 Å². The van der Waals surface area contributed by atoms with E-state index >= 15 is 0 Å². The van der Waals surface area contributed by atoms with Gasteiger partial charge < -0.3 is 10.4 Å². The normalized spacial score (nSPS) is 10.6. The molecule has 2 N–H and O–H groups in total. The number of aryl methyl sites for hydroxylation is 2. The number of amides is 1. The van der Waals surface area contributed by atoms with Gasteiger partial charge in [0.1, 0.15) is 5.01 Å². The number of nitrogens with one attached hydrogen (secondary N) is 1. The molecule has 0 bridgehead atoms. The predicted octanol–water partition coefficient (Wildman–Crippen LogP) is 3.89. The van der Waals surface area contributed by atoms with E-state index in [1.165, 1.54) is 0 Å². The highest BCUT2D eigenvalue weighted by Crippen LogP contribution is 2.32. The number of hydrogen-bond acceptors (Lipinski definition) is 6. The molecule has 0 fully saturated rings. The van der Waals surface area contributed by atoms with Gasteiger partial charge >= 0.3 is 5.97 Å². The number of carbonyl (C=O) groups is 2. The first-order valence-electron chi connectivity index (χ1n) is 7.54. The molecule has 0 spiro atoms. The van der Waals surface area contributed by atoms with Crippen LogP contribution < -0.4 is 5.32 Å². The van der Waals surface area contributed by atoms with Gasteiger partial charge in [-0.3, -0.25) is 9.59 Å². The molecule has 6 nitrogen and oxygen atoms in total. The van der Waals surface area contributed by atoms with E-state index in [9.17, 15) is 9.59 Å². The zero-order valence-corrected chi connectivity index (χ0v) is 15.2. The highest BCUT2D eigenvalue weighted by molar-refractivity contribution is 8.01. The van der Waals surface area contributed by atoms with Gasteiger partial charge in [0.15, 0.2) is 4.34 Å². The lowest BCUT2D eigenvalue weighted by Crippen LogP contribution is -2.12. The molecule has 1 aromatic heterocycles. The first-order valence-corrected chi connectivity index (χ1v) is 9.17. The average Bonchev–Trinajstić information content (AvgIpc) is 2.91. The molecule has 2 aromatic rings. The topological polar surface area (TPSA) is 92.2 Å². The predicted molar refractivity (Wildman–Crippen MR) is 94.7 cm³/mol. The van der Waals surface area contributed by atoms with Crippen molar-refractivity contribution in [1.29, 1.82) is 0 Å². The first kappa shape index (κ1) is 18.4. The van der Waals surface area contributed by atoms with E-state index in [0.29, 0.717) is 19.3 Å². The zero-order valence-electron chi connectivity index (χ0n) is 13.5. The highest BCUT2D eigenvalue weighted by Gasteiger charge is 2.08. The Bertz CT molecular complexity index is 731. The average molecular weight is 365 g/mol. The molecule has 0 unspecified atom stereocenters. The maximum absolute atomic E-state index is 11.9. The standard InChI is InChI=1S/C16H19N3O3S2/c1-10-9-12(24-16-19-18-11(2)23-16)7-8-13(10)17-14(20)5-3-4-6-15(21)22/h7-9H,3-6H2,1-2H3,(H,17,20)(H,21,22). The number of rotatable bonds is 8. The number of benzene rings is 1. The van der Waals surface area contributed by atoms with E-state index < -0.39 is 5.97 Å². The van der Waals surface area contributed by atoms with Gasteiger partial charge in [0, 0.05) is 23.4 Å². The second kappa shape index (κ2) is 8.79. The third-order valence-electron chi connectivity index (χ3n) is 3.23. The Morgan fingerprint density at radius 2 is 1.96 bits per heavy atom. The molecule has 0 radical (unpaired) electrons. The summed E-state index contributed by atoms with van der Waals surface area (Å²) in [6.45, 7) is 3.86. The zero-order chi connectivity index (χ0) is 17.5. The van der Waals surface area contributed by atoms with Gasteiger partial charge in [0.2, 0.25) is 5.91 Å². The van der Waals surface area contributed by atoms with E-state index in [0.717, 1.165) is 25.5 Å². The van der Waals surface area contributed by atoms with Gasteiger partial charge in [-0.05, 0) is 50.5 Å². The fourth-order valence-electron chi connectivity index (χ4n) is 2.03. The smallest absolute Gasteiger partial charge is 0.303 e. The molecule has 2 rings (SSSR count). The minimum atomic E-state index is -0.829. The lowest BCUT2D eigenvalue weighted by atomic mass is 10.1. The highest BCUT2D eigenvalue weighted by atomic mass is 32.2. The molecule has 0 aliphatic rings.